The predicted molar refractivity (Wildman–Crippen MR) is 115 cm³/mol. The number of thiazole rings is 1. The van der Waals surface area contributed by atoms with Crippen LogP contribution >= 0.6 is 11.3 Å². The van der Waals surface area contributed by atoms with Crippen LogP contribution < -0.4 is 0 Å². The van der Waals surface area contributed by atoms with Crippen LogP contribution in [0, 0.1) is 11.7 Å². The molecule has 1 aromatic carbocycles. The Hall–Kier alpha value is -2.48. The van der Waals surface area contributed by atoms with E-state index < -0.39 is 5.60 Å². The summed E-state index contributed by atoms with van der Waals surface area (Å²) in [6.07, 6.45) is 1.29. The number of aromatic nitrogens is 1. The maximum Gasteiger partial charge on any atom is 0.410 e. The second-order valence-electron chi connectivity index (χ2n) is 8.61. The summed E-state index contributed by atoms with van der Waals surface area (Å²) in [6.45, 7) is 7.36. The van der Waals surface area contributed by atoms with Crippen molar-refractivity contribution in [2.24, 2.45) is 5.92 Å². The van der Waals surface area contributed by atoms with Crippen LogP contribution in [-0.4, -0.2) is 59.1 Å². The van der Waals surface area contributed by atoms with Gasteiger partial charge in [-0.2, -0.15) is 0 Å². The van der Waals surface area contributed by atoms with Crippen LogP contribution in [0.2, 0.25) is 0 Å². The van der Waals surface area contributed by atoms with Gasteiger partial charge in [-0.25, -0.2) is 14.2 Å². The molecule has 0 N–H and O–H groups in total. The number of benzene rings is 1. The fourth-order valence-corrected chi connectivity index (χ4v) is 4.23. The molecule has 3 rings (SSSR count). The number of carbonyl (C=O) groups excluding carboxylic acids is 2. The number of piperidine rings is 1. The molecule has 1 aromatic heterocycles. The molecule has 1 aliphatic rings. The van der Waals surface area contributed by atoms with E-state index in [4.69, 9.17) is 4.74 Å². The van der Waals surface area contributed by atoms with Crippen molar-refractivity contribution in [3.8, 4) is 10.6 Å². The molecular formula is C22H28FN3O3S. The summed E-state index contributed by atoms with van der Waals surface area (Å²) in [5.74, 6) is -0.162. The highest BCUT2D eigenvalue weighted by atomic mass is 32.1. The van der Waals surface area contributed by atoms with E-state index >= 15 is 0 Å². The first kappa shape index (κ1) is 22.2. The number of rotatable bonds is 4. The number of amides is 2. The summed E-state index contributed by atoms with van der Waals surface area (Å²) in [5, 5.41) is 2.19. The quantitative estimate of drug-likeness (QED) is 0.703. The van der Waals surface area contributed by atoms with Crippen molar-refractivity contribution in [2.75, 3.05) is 26.7 Å². The molecule has 162 valence electrons. The maximum absolute atomic E-state index is 14.0. The molecule has 0 unspecified atom stereocenters. The summed E-state index contributed by atoms with van der Waals surface area (Å²) in [5.41, 5.74) is 0.240. The Kier molecular flexibility index (Phi) is 6.75. The zero-order valence-electron chi connectivity index (χ0n) is 17.9. The minimum Gasteiger partial charge on any atom is -0.444 e. The maximum atomic E-state index is 14.0. The van der Waals surface area contributed by atoms with E-state index in [1.165, 1.54) is 17.4 Å². The van der Waals surface area contributed by atoms with Gasteiger partial charge in [-0.05, 0) is 51.7 Å². The van der Waals surface area contributed by atoms with Gasteiger partial charge in [0.1, 0.15) is 22.1 Å². The van der Waals surface area contributed by atoms with Crippen LogP contribution in [0.3, 0.4) is 0 Å². The first-order chi connectivity index (χ1) is 14.1. The van der Waals surface area contributed by atoms with E-state index in [0.29, 0.717) is 41.8 Å². The molecule has 0 bridgehead atoms. The van der Waals surface area contributed by atoms with E-state index in [9.17, 15) is 14.0 Å². The fraction of sp³-hybridized carbons (Fsp3) is 0.500. The second-order valence-corrected chi connectivity index (χ2v) is 9.47. The van der Waals surface area contributed by atoms with Crippen LogP contribution in [0.15, 0.2) is 29.6 Å². The van der Waals surface area contributed by atoms with Gasteiger partial charge in [0, 0.05) is 37.6 Å². The van der Waals surface area contributed by atoms with Gasteiger partial charge in [0.25, 0.3) is 5.91 Å². The lowest BCUT2D eigenvalue weighted by atomic mass is 9.96. The normalized spacial score (nSPS) is 15.2. The molecular weight excluding hydrogens is 405 g/mol. The van der Waals surface area contributed by atoms with Gasteiger partial charge in [-0.1, -0.05) is 12.1 Å². The monoisotopic (exact) mass is 433 g/mol. The fourth-order valence-electron chi connectivity index (χ4n) is 3.41. The molecule has 0 spiro atoms. The van der Waals surface area contributed by atoms with Gasteiger partial charge < -0.3 is 14.5 Å². The third kappa shape index (κ3) is 5.56. The molecule has 1 saturated heterocycles. The Morgan fingerprint density at radius 2 is 1.93 bits per heavy atom. The van der Waals surface area contributed by atoms with Gasteiger partial charge in [0.2, 0.25) is 0 Å². The predicted octanol–water partition coefficient (Wildman–Crippen LogP) is 4.67. The van der Waals surface area contributed by atoms with E-state index in [-0.39, 0.29) is 17.8 Å². The van der Waals surface area contributed by atoms with Crippen molar-refractivity contribution in [3.63, 3.8) is 0 Å². The Bertz CT molecular complexity index is 901. The number of hydrogen-bond acceptors (Lipinski definition) is 5. The third-order valence-corrected chi connectivity index (χ3v) is 5.84. The number of halogens is 1. The summed E-state index contributed by atoms with van der Waals surface area (Å²) >= 11 is 1.27. The minimum absolute atomic E-state index is 0.132. The highest BCUT2D eigenvalue weighted by molar-refractivity contribution is 7.13. The highest BCUT2D eigenvalue weighted by Crippen LogP contribution is 2.27. The average Bonchev–Trinajstić information content (AvgIpc) is 3.17. The average molecular weight is 434 g/mol. The van der Waals surface area contributed by atoms with Crippen molar-refractivity contribution in [3.05, 3.63) is 41.2 Å². The van der Waals surface area contributed by atoms with Crippen molar-refractivity contribution in [1.82, 2.24) is 14.8 Å². The molecule has 1 fully saturated rings. The van der Waals surface area contributed by atoms with Crippen LogP contribution in [-0.2, 0) is 4.74 Å². The first-order valence-corrected chi connectivity index (χ1v) is 11.0. The molecule has 2 amide bonds. The summed E-state index contributed by atoms with van der Waals surface area (Å²) in [6, 6.07) is 6.43. The molecule has 2 heterocycles. The standard InChI is InChI=1S/C22H28FN3O3S/c1-22(2,3)29-21(28)25(4)13-15-9-11-26(12-10-15)20(27)18-14-30-19(24-18)16-7-5-6-8-17(16)23/h5-8,14-15H,9-13H2,1-4H3. The largest absolute Gasteiger partial charge is 0.444 e. The zero-order valence-corrected chi connectivity index (χ0v) is 18.7. The minimum atomic E-state index is -0.518. The highest BCUT2D eigenvalue weighted by Gasteiger charge is 2.28. The lowest BCUT2D eigenvalue weighted by Crippen LogP contribution is -2.43. The van der Waals surface area contributed by atoms with E-state index in [1.54, 1.807) is 40.4 Å². The Morgan fingerprint density at radius 3 is 2.57 bits per heavy atom. The van der Waals surface area contributed by atoms with Crippen molar-refractivity contribution in [2.45, 2.75) is 39.2 Å². The van der Waals surface area contributed by atoms with E-state index in [0.717, 1.165) is 12.8 Å². The topological polar surface area (TPSA) is 62.7 Å². The van der Waals surface area contributed by atoms with Crippen molar-refractivity contribution < 1.29 is 18.7 Å². The number of nitrogens with zero attached hydrogens (tertiary/aromatic N) is 3. The molecule has 8 heteroatoms. The summed E-state index contributed by atoms with van der Waals surface area (Å²) in [4.78, 5) is 32.7. The van der Waals surface area contributed by atoms with Crippen molar-refractivity contribution in [1.29, 1.82) is 0 Å². The van der Waals surface area contributed by atoms with Gasteiger partial charge >= 0.3 is 6.09 Å². The zero-order chi connectivity index (χ0) is 21.9. The molecule has 1 aliphatic heterocycles. The Morgan fingerprint density at radius 1 is 1.27 bits per heavy atom. The molecule has 6 nitrogen and oxygen atoms in total. The number of ether oxygens (including phenoxy) is 1. The molecule has 0 atom stereocenters. The van der Waals surface area contributed by atoms with Crippen molar-refractivity contribution >= 4 is 23.3 Å². The van der Waals surface area contributed by atoms with Gasteiger partial charge in [0.15, 0.2) is 0 Å². The summed E-state index contributed by atoms with van der Waals surface area (Å²) < 4.78 is 19.4. The smallest absolute Gasteiger partial charge is 0.410 e. The van der Waals surface area contributed by atoms with Crippen LogP contribution in [0.1, 0.15) is 44.1 Å². The Labute approximate surface area is 180 Å². The van der Waals surface area contributed by atoms with Crippen LogP contribution in [0.4, 0.5) is 9.18 Å². The molecule has 0 radical (unpaired) electrons. The van der Waals surface area contributed by atoms with E-state index in [1.807, 2.05) is 20.8 Å². The second kappa shape index (κ2) is 9.12. The molecule has 30 heavy (non-hydrogen) atoms. The lowest BCUT2D eigenvalue weighted by Gasteiger charge is -2.34. The van der Waals surface area contributed by atoms with Crippen LogP contribution in [0.5, 0.6) is 0 Å². The van der Waals surface area contributed by atoms with Crippen LogP contribution in [0.25, 0.3) is 10.6 Å². The van der Waals surface area contributed by atoms with Gasteiger partial charge in [-0.15, -0.1) is 11.3 Å². The number of hydrogen-bond donors (Lipinski definition) is 0. The summed E-state index contributed by atoms with van der Waals surface area (Å²) in [7, 11) is 1.74. The SMILES string of the molecule is CN(CC1CCN(C(=O)c2csc(-c3ccccc3F)n2)CC1)C(=O)OC(C)(C)C. The van der Waals surface area contributed by atoms with E-state index in [2.05, 4.69) is 4.98 Å². The molecule has 0 aliphatic carbocycles. The number of carbonyl (C=O) groups is 2. The molecule has 0 saturated carbocycles. The number of likely N-dealkylation sites (tertiary alicyclic amines) is 1. The lowest BCUT2D eigenvalue weighted by molar-refractivity contribution is 0.0246. The van der Waals surface area contributed by atoms with Gasteiger partial charge in [-0.3, -0.25) is 4.79 Å². The third-order valence-electron chi connectivity index (χ3n) is 4.97. The Balaban J connectivity index is 1.54. The first-order valence-electron chi connectivity index (χ1n) is 10.1. The molecule has 2 aromatic rings. The van der Waals surface area contributed by atoms with Gasteiger partial charge in [0.05, 0.1) is 0 Å².